The molecule has 1 aromatic rings. The molecule has 1 heterocycles. The maximum Gasteiger partial charge on any atom is 0.331 e. The van der Waals surface area contributed by atoms with Crippen LogP contribution in [-0.2, 0) is 13.1 Å². The molecule has 1 aromatic heterocycles. The van der Waals surface area contributed by atoms with Gasteiger partial charge >= 0.3 is 5.69 Å². The first-order chi connectivity index (χ1) is 13.9. The van der Waals surface area contributed by atoms with Gasteiger partial charge in [-0.05, 0) is 32.3 Å². The van der Waals surface area contributed by atoms with Gasteiger partial charge in [-0.25, -0.2) is 4.79 Å². The van der Waals surface area contributed by atoms with Crippen molar-refractivity contribution in [3.8, 4) is 0 Å². The molecule has 0 saturated heterocycles. The van der Waals surface area contributed by atoms with Crippen LogP contribution in [0.5, 0.6) is 0 Å². The lowest BCUT2D eigenvalue weighted by atomic mass is 10.1. The van der Waals surface area contributed by atoms with E-state index >= 15 is 0 Å². The van der Waals surface area contributed by atoms with Crippen LogP contribution in [0.15, 0.2) is 33.9 Å². The van der Waals surface area contributed by atoms with Gasteiger partial charge in [0.15, 0.2) is 0 Å². The van der Waals surface area contributed by atoms with Gasteiger partial charge in [-0.1, -0.05) is 66.7 Å². The number of anilines is 1. The van der Waals surface area contributed by atoms with Crippen LogP contribution >= 0.6 is 0 Å². The topological polar surface area (TPSA) is 76.3 Å². The summed E-state index contributed by atoms with van der Waals surface area (Å²) in [5.74, 6) is 0. The summed E-state index contributed by atoms with van der Waals surface area (Å²) >= 11 is 0. The fraction of sp³-hybridized carbons (Fsp3) is 0.652. The Morgan fingerprint density at radius 2 is 1.72 bits per heavy atom. The van der Waals surface area contributed by atoms with Gasteiger partial charge in [0.25, 0.3) is 5.56 Å². The second-order valence-corrected chi connectivity index (χ2v) is 6.26. The molecule has 6 nitrogen and oxygen atoms in total. The standard InChI is InChI=1S/C19H31N3O3.2C2H6/c1-6-9-14(4)12-22-15(5)17(20-16(13-23)10-7-2)18(24)21(11-8-3)19(22)25;2*1-2/h6,9,16,20,23H,4,7-8,10-13H2,1-3,5H3;2*1-2H3/b9-6-;;. The maximum atomic E-state index is 12.8. The molecule has 1 rings (SSSR count). The van der Waals surface area contributed by atoms with Crippen molar-refractivity contribution in [2.24, 2.45) is 0 Å². The van der Waals surface area contributed by atoms with E-state index in [2.05, 4.69) is 11.9 Å². The molecule has 2 N–H and O–H groups in total. The van der Waals surface area contributed by atoms with E-state index in [0.717, 1.165) is 18.4 Å². The maximum absolute atomic E-state index is 12.8. The van der Waals surface area contributed by atoms with Crippen molar-refractivity contribution in [2.45, 2.75) is 93.8 Å². The monoisotopic (exact) mass is 409 g/mol. The van der Waals surface area contributed by atoms with Crippen molar-refractivity contribution in [1.29, 1.82) is 0 Å². The molecular weight excluding hydrogens is 366 g/mol. The Labute approximate surface area is 177 Å². The molecule has 0 spiro atoms. The van der Waals surface area contributed by atoms with E-state index in [4.69, 9.17) is 0 Å². The molecule has 168 valence electrons. The molecule has 0 fully saturated rings. The van der Waals surface area contributed by atoms with E-state index < -0.39 is 0 Å². The number of rotatable bonds is 10. The minimum Gasteiger partial charge on any atom is -0.394 e. The summed E-state index contributed by atoms with van der Waals surface area (Å²) in [6.07, 6.45) is 6.03. The predicted molar refractivity (Wildman–Crippen MR) is 126 cm³/mol. The van der Waals surface area contributed by atoms with E-state index in [1.807, 2.05) is 60.6 Å². The normalized spacial score (nSPS) is 11.2. The van der Waals surface area contributed by atoms with Crippen LogP contribution in [0.3, 0.4) is 0 Å². The van der Waals surface area contributed by atoms with Gasteiger partial charge in [-0.3, -0.25) is 13.9 Å². The number of nitrogens with zero attached hydrogens (tertiary/aromatic N) is 2. The van der Waals surface area contributed by atoms with Crippen molar-refractivity contribution in [2.75, 3.05) is 11.9 Å². The van der Waals surface area contributed by atoms with Crippen LogP contribution in [0.25, 0.3) is 0 Å². The Morgan fingerprint density at radius 1 is 1.14 bits per heavy atom. The number of allylic oxidation sites excluding steroid dienone is 3. The number of hydrogen-bond acceptors (Lipinski definition) is 4. The van der Waals surface area contributed by atoms with E-state index in [1.54, 1.807) is 11.5 Å². The van der Waals surface area contributed by atoms with E-state index in [9.17, 15) is 14.7 Å². The van der Waals surface area contributed by atoms with Crippen LogP contribution < -0.4 is 16.6 Å². The third kappa shape index (κ3) is 8.86. The van der Waals surface area contributed by atoms with Gasteiger partial charge in [-0.15, -0.1) is 0 Å². The highest BCUT2D eigenvalue weighted by Crippen LogP contribution is 2.12. The fourth-order valence-electron chi connectivity index (χ4n) is 2.83. The summed E-state index contributed by atoms with van der Waals surface area (Å²) in [7, 11) is 0. The second kappa shape index (κ2) is 16.8. The molecule has 0 saturated carbocycles. The minimum atomic E-state index is -0.327. The summed E-state index contributed by atoms with van der Waals surface area (Å²) in [5, 5.41) is 12.7. The number of aliphatic hydroxyl groups excluding tert-OH is 1. The van der Waals surface area contributed by atoms with Gasteiger partial charge in [0.2, 0.25) is 0 Å². The average molecular weight is 410 g/mol. The highest BCUT2D eigenvalue weighted by Gasteiger charge is 2.18. The number of hydrogen-bond donors (Lipinski definition) is 2. The molecule has 0 bridgehead atoms. The summed E-state index contributed by atoms with van der Waals surface area (Å²) in [5.41, 5.74) is 1.09. The number of aromatic nitrogens is 2. The van der Waals surface area contributed by atoms with Crippen molar-refractivity contribution in [3.05, 3.63) is 50.8 Å². The highest BCUT2D eigenvalue weighted by atomic mass is 16.3. The Balaban J connectivity index is 0. The summed E-state index contributed by atoms with van der Waals surface area (Å²) in [6, 6.07) is -0.212. The van der Waals surface area contributed by atoms with Crippen molar-refractivity contribution in [3.63, 3.8) is 0 Å². The zero-order valence-electron chi connectivity index (χ0n) is 19.8. The van der Waals surface area contributed by atoms with Crippen molar-refractivity contribution < 1.29 is 5.11 Å². The first kappa shape index (κ1) is 29.1. The van der Waals surface area contributed by atoms with E-state index in [1.165, 1.54) is 4.57 Å². The second-order valence-electron chi connectivity index (χ2n) is 6.26. The Hall–Kier alpha value is -2.08. The van der Waals surface area contributed by atoms with Gasteiger partial charge < -0.3 is 10.4 Å². The molecule has 6 heteroatoms. The quantitative estimate of drug-likeness (QED) is 0.558. The zero-order valence-corrected chi connectivity index (χ0v) is 19.8. The molecule has 0 aromatic carbocycles. The summed E-state index contributed by atoms with van der Waals surface area (Å²) < 4.78 is 2.83. The molecule has 1 atom stereocenters. The lowest BCUT2D eigenvalue weighted by molar-refractivity contribution is 0.268. The first-order valence-corrected chi connectivity index (χ1v) is 10.9. The number of aliphatic hydroxyl groups is 1. The summed E-state index contributed by atoms with van der Waals surface area (Å²) in [6.45, 7) is 20.2. The van der Waals surface area contributed by atoms with Crippen LogP contribution in [0.1, 0.15) is 73.4 Å². The molecular formula is C23H43N3O3. The van der Waals surface area contributed by atoms with Crippen molar-refractivity contribution in [1.82, 2.24) is 9.13 Å². The lowest BCUT2D eigenvalue weighted by Gasteiger charge is -2.22. The largest absolute Gasteiger partial charge is 0.394 e. The highest BCUT2D eigenvalue weighted by molar-refractivity contribution is 5.47. The fourth-order valence-corrected chi connectivity index (χ4v) is 2.83. The average Bonchev–Trinajstić information content (AvgIpc) is 2.74. The van der Waals surface area contributed by atoms with Crippen LogP contribution in [-0.4, -0.2) is 26.9 Å². The Morgan fingerprint density at radius 3 is 2.17 bits per heavy atom. The molecule has 0 radical (unpaired) electrons. The molecule has 0 amide bonds. The molecule has 0 aliphatic carbocycles. The SMILES string of the molecule is C=C(/C=C\C)Cn1c(C)c(NC(CO)CCC)c(=O)n(CCC)c1=O.CC.CC. The van der Waals surface area contributed by atoms with Gasteiger partial charge in [0, 0.05) is 18.3 Å². The van der Waals surface area contributed by atoms with Crippen LogP contribution in [0.4, 0.5) is 5.69 Å². The number of nitrogens with one attached hydrogen (secondary N) is 1. The Kier molecular flexibility index (Phi) is 16.9. The Bertz CT molecular complexity index is 730. The molecule has 0 aliphatic rings. The lowest BCUT2D eigenvalue weighted by Crippen LogP contribution is -2.43. The van der Waals surface area contributed by atoms with Crippen LogP contribution in [0.2, 0.25) is 0 Å². The van der Waals surface area contributed by atoms with Crippen molar-refractivity contribution >= 4 is 5.69 Å². The third-order valence-electron chi connectivity index (χ3n) is 4.10. The third-order valence-corrected chi connectivity index (χ3v) is 4.10. The molecule has 1 unspecified atom stereocenters. The van der Waals surface area contributed by atoms with E-state index in [-0.39, 0.29) is 23.9 Å². The van der Waals surface area contributed by atoms with E-state index in [0.29, 0.717) is 30.9 Å². The zero-order chi connectivity index (χ0) is 23.0. The summed E-state index contributed by atoms with van der Waals surface area (Å²) in [4.78, 5) is 25.5. The van der Waals surface area contributed by atoms with Gasteiger partial charge in [0.05, 0.1) is 13.2 Å². The first-order valence-electron chi connectivity index (χ1n) is 10.9. The molecule has 0 aliphatic heterocycles. The smallest absolute Gasteiger partial charge is 0.331 e. The molecule has 29 heavy (non-hydrogen) atoms. The van der Waals surface area contributed by atoms with Gasteiger partial charge in [0.1, 0.15) is 5.69 Å². The minimum absolute atomic E-state index is 0.0646. The predicted octanol–water partition coefficient (Wildman–Crippen LogP) is 4.49. The van der Waals surface area contributed by atoms with Crippen LogP contribution in [0, 0.1) is 6.92 Å². The van der Waals surface area contributed by atoms with Gasteiger partial charge in [-0.2, -0.15) is 0 Å².